The number of aromatic nitrogens is 2. The van der Waals surface area contributed by atoms with Crippen molar-refractivity contribution in [2.24, 2.45) is 0 Å². The molecular formula is C59H54N2OSSi2. The highest BCUT2D eigenvalue weighted by Crippen LogP contribution is 2.43. The van der Waals surface area contributed by atoms with Crippen molar-refractivity contribution in [3.05, 3.63) is 193 Å². The van der Waals surface area contributed by atoms with Crippen LogP contribution in [0.5, 0.6) is 0 Å². The number of hydrogen-bond acceptors (Lipinski definition) is 3. The van der Waals surface area contributed by atoms with Gasteiger partial charge in [0.05, 0.1) is 16.6 Å². The van der Waals surface area contributed by atoms with Crippen LogP contribution >= 0.6 is 11.8 Å². The Kier molecular flexibility index (Phi) is 8.21. The van der Waals surface area contributed by atoms with Crippen molar-refractivity contribution < 1.29 is 12.6 Å². The van der Waals surface area contributed by atoms with Crippen LogP contribution in [-0.4, -0.2) is 25.5 Å². The average Bonchev–Trinajstić information content (AvgIpc) is 3.89. The Morgan fingerprint density at radius 2 is 1.06 bits per heavy atom. The third kappa shape index (κ3) is 6.55. The number of oxazole rings is 1. The van der Waals surface area contributed by atoms with Gasteiger partial charge >= 0.3 is 5.84 Å². The van der Waals surface area contributed by atoms with Crippen LogP contribution in [0, 0.1) is 0 Å². The van der Waals surface area contributed by atoms with Crippen LogP contribution in [0.3, 0.4) is 0 Å². The predicted octanol–water partition coefficient (Wildman–Crippen LogP) is 11.8. The molecule has 0 aliphatic carbocycles. The van der Waals surface area contributed by atoms with Gasteiger partial charge in [0.1, 0.15) is 8.07 Å². The third-order valence-corrected chi connectivity index (χ3v) is 22.2. The van der Waals surface area contributed by atoms with Crippen LogP contribution in [0.2, 0.25) is 13.0 Å². The maximum atomic E-state index is 9.16. The van der Waals surface area contributed by atoms with Crippen LogP contribution < -0.4 is 31.1 Å². The molecule has 0 radical (unpaired) electrons. The van der Waals surface area contributed by atoms with Crippen LogP contribution in [0.1, 0.15) is 60.9 Å². The Morgan fingerprint density at radius 1 is 0.523 bits per heavy atom. The van der Waals surface area contributed by atoms with E-state index < -0.39 is 29.1 Å². The summed E-state index contributed by atoms with van der Waals surface area (Å²) < 4.78 is 63.9. The Bertz CT molecular complexity index is 3650. The Morgan fingerprint density at radius 3 is 1.71 bits per heavy atom. The molecule has 0 spiro atoms. The van der Waals surface area contributed by atoms with Gasteiger partial charge in [-0.3, -0.25) is 4.40 Å². The van der Waals surface area contributed by atoms with E-state index in [4.69, 9.17) is 17.6 Å². The van der Waals surface area contributed by atoms with E-state index >= 15 is 0 Å². The zero-order valence-electron chi connectivity index (χ0n) is 43.5. The highest BCUT2D eigenvalue weighted by molar-refractivity contribution is 8.00. The quantitative estimate of drug-likeness (QED) is 0.123. The number of nitrogens with zero attached hydrogens (tertiary/aromatic N) is 2. The van der Waals surface area contributed by atoms with E-state index in [0.29, 0.717) is 26.0 Å². The van der Waals surface area contributed by atoms with Gasteiger partial charge in [-0.15, -0.1) is 0 Å². The van der Waals surface area contributed by atoms with Gasteiger partial charge in [-0.05, 0) is 94.0 Å². The molecule has 65 heavy (non-hydrogen) atoms. The molecule has 2 aromatic heterocycles. The molecule has 6 heteroatoms. The second-order valence-corrected chi connectivity index (χ2v) is 26.9. The lowest BCUT2D eigenvalue weighted by Crippen LogP contribution is -2.74. The third-order valence-electron chi connectivity index (χ3n) is 13.4. The molecule has 8 aromatic carbocycles. The molecule has 3 nitrogen and oxygen atoms in total. The number of imidazole rings is 1. The molecule has 0 unspecified atom stereocenters. The van der Waals surface area contributed by atoms with Gasteiger partial charge < -0.3 is 4.42 Å². The second kappa shape index (κ2) is 15.2. The summed E-state index contributed by atoms with van der Waals surface area (Å²) in [5, 5.41) is 5.61. The molecule has 0 atom stereocenters. The fourth-order valence-corrected chi connectivity index (χ4v) is 19.3. The molecular weight excluding hydrogens is 841 g/mol. The summed E-state index contributed by atoms with van der Waals surface area (Å²) in [6, 6.07) is 63.4. The first-order chi connectivity index (χ1) is 33.8. The molecule has 0 N–H and O–H groups in total. The van der Waals surface area contributed by atoms with Gasteiger partial charge in [0, 0.05) is 23.6 Å². The number of benzene rings is 8. The molecule has 10 aromatic rings. The van der Waals surface area contributed by atoms with Crippen molar-refractivity contribution in [3.8, 4) is 22.3 Å². The topological polar surface area (TPSA) is 30.4 Å². The summed E-state index contributed by atoms with van der Waals surface area (Å²) >= 11 is 1.50. The van der Waals surface area contributed by atoms with Gasteiger partial charge in [0.2, 0.25) is 0 Å². The fraction of sp³-hybridized carbons (Fsp3) is 0.169. The number of para-hydroxylation sites is 3. The minimum absolute atomic E-state index is 0.245. The van der Waals surface area contributed by atoms with E-state index in [1.807, 2.05) is 36.4 Å². The second-order valence-electron chi connectivity index (χ2n) is 19.5. The SMILES string of the molecule is [2H]C([2H])([2H])[Si]1(C([2H])([2H])[2H])c2ccccc2Sc2c(-c3cc([Si](c4ccccc4)(c4ccccc4)c4ccc(C(C)(C)C)c(-c5cccc6c5oc5nc7ccccc7n56)c4)ccc3C(C)(C)C)cccc21. The smallest absolute Gasteiger partial charge is 0.307 e. The lowest BCUT2D eigenvalue weighted by atomic mass is 9.81. The van der Waals surface area contributed by atoms with E-state index in [9.17, 15) is 0 Å². The van der Waals surface area contributed by atoms with Gasteiger partial charge in [-0.25, -0.2) is 0 Å². The first kappa shape index (κ1) is 35.1. The highest BCUT2D eigenvalue weighted by Gasteiger charge is 2.44. The molecule has 1 aliphatic rings. The summed E-state index contributed by atoms with van der Waals surface area (Å²) in [7, 11) is -7.81. The minimum atomic E-state index is -4.49. The summed E-state index contributed by atoms with van der Waals surface area (Å²) in [4.78, 5) is 6.31. The Labute approximate surface area is 397 Å². The molecule has 0 saturated heterocycles. The van der Waals surface area contributed by atoms with Gasteiger partial charge in [0.15, 0.2) is 13.7 Å². The van der Waals surface area contributed by atoms with E-state index in [0.717, 1.165) is 55.1 Å². The number of fused-ring (bicyclic) bond motifs is 7. The van der Waals surface area contributed by atoms with E-state index in [1.165, 1.54) is 32.9 Å². The van der Waals surface area contributed by atoms with Crippen molar-refractivity contribution in [3.63, 3.8) is 0 Å². The zero-order valence-corrected chi connectivity index (χ0v) is 40.3. The molecule has 0 amide bonds. The largest absolute Gasteiger partial charge is 0.422 e. The molecule has 0 saturated carbocycles. The van der Waals surface area contributed by atoms with Crippen LogP contribution in [0.4, 0.5) is 0 Å². The first-order valence-corrected chi connectivity index (χ1v) is 27.2. The maximum absolute atomic E-state index is 9.16. The van der Waals surface area contributed by atoms with Crippen molar-refractivity contribution in [1.82, 2.24) is 9.38 Å². The zero-order chi connectivity index (χ0) is 49.9. The van der Waals surface area contributed by atoms with Crippen molar-refractivity contribution >= 4 is 87.0 Å². The van der Waals surface area contributed by atoms with Gasteiger partial charge in [-0.2, -0.15) is 4.98 Å². The molecule has 0 fully saturated rings. The van der Waals surface area contributed by atoms with E-state index in [1.54, 1.807) is 18.2 Å². The number of hydrogen-bond donors (Lipinski definition) is 0. The molecule has 320 valence electrons. The Hall–Kier alpha value is -6.19. The van der Waals surface area contributed by atoms with Crippen molar-refractivity contribution in [1.29, 1.82) is 0 Å². The standard InChI is InChI=1S/C59H54N2OSSi2/c1-58(2,3)47-35-33-41(37-45(47)43-25-19-29-51-55(43)62-57-60-49-27-15-16-28-50(49)61(51)57)65(39-21-11-9-12-22-39,40-23-13-10-14-24-40)42-34-36-48(59(4,5)6)46(38-42)44-26-20-32-54-56(44)63-52-30-17-18-31-53(52)64(54,7)8/h9-38H,1-8H3/i7D3,8D3. The lowest BCUT2D eigenvalue weighted by molar-refractivity contribution is 0.591. The van der Waals surface area contributed by atoms with Gasteiger partial charge in [-0.1, -0.05) is 224 Å². The predicted molar refractivity (Wildman–Crippen MR) is 282 cm³/mol. The van der Waals surface area contributed by atoms with Crippen LogP contribution in [-0.2, 0) is 10.8 Å². The monoisotopic (exact) mass is 900 g/mol. The summed E-state index contributed by atoms with van der Waals surface area (Å²) in [6.07, 6.45) is 0. The lowest BCUT2D eigenvalue weighted by Gasteiger charge is -2.37. The molecule has 1 aliphatic heterocycles. The number of rotatable bonds is 6. The average molecular weight is 901 g/mol. The van der Waals surface area contributed by atoms with Crippen molar-refractivity contribution in [2.75, 3.05) is 0 Å². The fourth-order valence-electron chi connectivity index (χ4n) is 10.4. The summed E-state index contributed by atoms with van der Waals surface area (Å²) in [6.45, 7) is 7.87. The molecule has 11 rings (SSSR count). The van der Waals surface area contributed by atoms with E-state index in [-0.39, 0.29) is 10.8 Å². The Balaban J connectivity index is 1.23. The highest BCUT2D eigenvalue weighted by atomic mass is 32.2. The van der Waals surface area contributed by atoms with E-state index in [2.05, 4.69) is 173 Å². The minimum Gasteiger partial charge on any atom is -0.422 e. The molecule has 0 bridgehead atoms. The van der Waals surface area contributed by atoms with Crippen LogP contribution in [0.15, 0.2) is 196 Å². The molecule has 3 heterocycles. The van der Waals surface area contributed by atoms with Crippen molar-refractivity contribution in [2.45, 2.75) is 75.1 Å². The van der Waals surface area contributed by atoms with Crippen LogP contribution in [0.25, 0.3) is 50.2 Å². The summed E-state index contributed by atoms with van der Waals surface area (Å²) in [5.74, 6) is 0.549. The first-order valence-electron chi connectivity index (χ1n) is 25.4. The normalized spacial score (nSPS) is 15.7. The van der Waals surface area contributed by atoms with Gasteiger partial charge in [0.25, 0.3) is 0 Å². The summed E-state index contributed by atoms with van der Waals surface area (Å²) in [5.41, 5.74) is 9.13. The maximum Gasteiger partial charge on any atom is 0.307 e.